The van der Waals surface area contributed by atoms with Crippen LogP contribution in [0.5, 0.6) is 0 Å². The van der Waals surface area contributed by atoms with Crippen LogP contribution >= 0.6 is 0 Å². The molecule has 3 aliphatic rings. The van der Waals surface area contributed by atoms with Crippen LogP contribution in [-0.2, 0) is 9.53 Å². The van der Waals surface area contributed by atoms with Crippen LogP contribution in [0.3, 0.4) is 0 Å². The van der Waals surface area contributed by atoms with Gasteiger partial charge >= 0.3 is 6.03 Å². The van der Waals surface area contributed by atoms with E-state index in [0.29, 0.717) is 6.42 Å². The third-order valence-corrected chi connectivity index (χ3v) is 4.18. The third-order valence-electron chi connectivity index (χ3n) is 4.18. The fourth-order valence-corrected chi connectivity index (χ4v) is 3.17. The highest BCUT2D eigenvalue weighted by Gasteiger charge is 2.61. The largest absolute Gasteiger partial charge is 0.394 e. The summed E-state index contributed by atoms with van der Waals surface area (Å²) < 4.78 is 5.64. The molecule has 11 nitrogen and oxygen atoms in total. The Hall–Kier alpha value is -2.21. The maximum Gasteiger partial charge on any atom is 0.352 e. The number of aliphatic hydroxyl groups is 3. The van der Waals surface area contributed by atoms with Crippen LogP contribution in [0.15, 0.2) is 9.98 Å². The van der Waals surface area contributed by atoms with Crippen LogP contribution in [0, 0.1) is 5.41 Å². The summed E-state index contributed by atoms with van der Waals surface area (Å²) in [5.41, 5.74) is -2.02. The molecule has 3 rings (SSSR count). The molecule has 0 aromatic heterocycles. The van der Waals surface area contributed by atoms with E-state index in [0.717, 1.165) is 4.90 Å². The lowest BCUT2D eigenvalue weighted by atomic mass is 9.96. The number of nitrogens with zero attached hydrogens (tertiary/aromatic N) is 3. The fourth-order valence-electron chi connectivity index (χ4n) is 3.17. The molecule has 0 bridgehead atoms. The van der Waals surface area contributed by atoms with Crippen molar-refractivity contribution in [1.82, 2.24) is 10.2 Å². The molecule has 0 unspecified atom stereocenters. The maximum absolute atomic E-state index is 12.4. The number of carbonyl (C=O) groups excluding carboxylic acids is 2. The molecule has 3 aliphatic heterocycles. The summed E-state index contributed by atoms with van der Waals surface area (Å²) in [7, 11) is 0. The van der Waals surface area contributed by atoms with E-state index in [1.165, 1.54) is 0 Å². The first-order chi connectivity index (χ1) is 11.4. The number of rotatable bonds is 4. The molecule has 11 heteroatoms. The molecular formula is C13H17N5O6. The van der Waals surface area contributed by atoms with Gasteiger partial charge in [-0.05, 0) is 6.42 Å². The van der Waals surface area contributed by atoms with Crippen molar-refractivity contribution < 1.29 is 29.6 Å². The maximum atomic E-state index is 12.4. The molecule has 130 valence electrons. The van der Waals surface area contributed by atoms with Gasteiger partial charge < -0.3 is 20.1 Å². The van der Waals surface area contributed by atoms with E-state index in [1.54, 1.807) is 6.92 Å². The van der Waals surface area contributed by atoms with E-state index < -0.39 is 48.5 Å². The van der Waals surface area contributed by atoms with Crippen molar-refractivity contribution in [3.05, 3.63) is 0 Å². The smallest absolute Gasteiger partial charge is 0.352 e. The summed E-state index contributed by atoms with van der Waals surface area (Å²) in [5.74, 6) is -1.46. The summed E-state index contributed by atoms with van der Waals surface area (Å²) in [4.78, 5) is 32.6. The minimum atomic E-state index is -1.74. The Balaban J connectivity index is 2.09. The van der Waals surface area contributed by atoms with E-state index in [9.17, 15) is 24.9 Å². The van der Waals surface area contributed by atoms with Gasteiger partial charge in [-0.2, -0.15) is 9.98 Å². The number of fused-ring (bicyclic) bond motifs is 1. The minimum absolute atomic E-state index is 0.101. The molecule has 24 heavy (non-hydrogen) atoms. The summed E-state index contributed by atoms with van der Waals surface area (Å²) in [5, 5.41) is 39.6. The average Bonchev–Trinajstić information content (AvgIpc) is 2.98. The van der Waals surface area contributed by atoms with Crippen molar-refractivity contribution in [1.29, 1.82) is 5.41 Å². The summed E-state index contributed by atoms with van der Waals surface area (Å²) in [6, 6.07) is -0.896. The van der Waals surface area contributed by atoms with Crippen molar-refractivity contribution in [2.45, 2.75) is 43.8 Å². The number of amidine groups is 1. The van der Waals surface area contributed by atoms with E-state index >= 15 is 0 Å². The molecule has 3 heterocycles. The number of hydrogen-bond acceptors (Lipinski definition) is 7. The van der Waals surface area contributed by atoms with Crippen LogP contribution < -0.4 is 5.32 Å². The molecule has 4 atom stereocenters. The Bertz CT molecular complexity index is 676. The van der Waals surface area contributed by atoms with Crippen molar-refractivity contribution in [3.8, 4) is 0 Å². The predicted molar refractivity (Wildman–Crippen MR) is 79.6 cm³/mol. The Morgan fingerprint density at radius 3 is 2.67 bits per heavy atom. The monoisotopic (exact) mass is 339 g/mol. The summed E-state index contributed by atoms with van der Waals surface area (Å²) in [6.07, 6.45) is -3.53. The lowest BCUT2D eigenvalue weighted by Crippen LogP contribution is -2.61. The lowest BCUT2D eigenvalue weighted by Gasteiger charge is -2.39. The number of nitrogens with one attached hydrogen (secondary N) is 2. The number of urea groups is 1. The van der Waals surface area contributed by atoms with E-state index in [2.05, 4.69) is 15.3 Å². The van der Waals surface area contributed by atoms with Crippen LogP contribution in [-0.4, -0.2) is 80.3 Å². The van der Waals surface area contributed by atoms with Gasteiger partial charge in [0, 0.05) is 0 Å². The van der Waals surface area contributed by atoms with Crippen molar-refractivity contribution >= 4 is 29.4 Å². The van der Waals surface area contributed by atoms with Crippen molar-refractivity contribution in [3.63, 3.8) is 0 Å². The molecule has 0 aliphatic carbocycles. The zero-order chi connectivity index (χ0) is 17.6. The van der Waals surface area contributed by atoms with E-state index in [-0.39, 0.29) is 18.0 Å². The number of aliphatic hydroxyl groups excluding tert-OH is 3. The highest BCUT2D eigenvalue weighted by molar-refractivity contribution is 6.72. The first-order valence-electron chi connectivity index (χ1n) is 7.42. The first-order valence-corrected chi connectivity index (χ1v) is 7.42. The highest BCUT2D eigenvalue weighted by atomic mass is 16.6. The van der Waals surface area contributed by atoms with Gasteiger partial charge in [0.25, 0.3) is 5.91 Å². The van der Waals surface area contributed by atoms with Gasteiger partial charge in [-0.3, -0.25) is 15.5 Å². The Morgan fingerprint density at radius 1 is 1.38 bits per heavy atom. The molecule has 1 fully saturated rings. The predicted octanol–water partition coefficient (Wildman–Crippen LogP) is -2.06. The summed E-state index contributed by atoms with van der Waals surface area (Å²) in [6.45, 7) is 1.21. The second kappa shape index (κ2) is 5.70. The number of hydrogen-bond donors (Lipinski definition) is 5. The van der Waals surface area contributed by atoms with Gasteiger partial charge in [0.1, 0.15) is 18.3 Å². The topological polar surface area (TPSA) is 168 Å². The summed E-state index contributed by atoms with van der Waals surface area (Å²) >= 11 is 0. The van der Waals surface area contributed by atoms with Gasteiger partial charge in [0.2, 0.25) is 5.96 Å². The number of amides is 3. The zero-order valence-corrected chi connectivity index (χ0v) is 12.8. The Kier molecular flexibility index (Phi) is 3.95. The molecule has 0 saturated carbocycles. The molecule has 3 amide bonds. The molecule has 0 aromatic carbocycles. The second-order valence-electron chi connectivity index (χ2n) is 5.69. The lowest BCUT2D eigenvalue weighted by molar-refractivity contribution is -0.150. The quantitative estimate of drug-likeness (QED) is 0.394. The van der Waals surface area contributed by atoms with Gasteiger partial charge in [0.15, 0.2) is 17.3 Å². The van der Waals surface area contributed by atoms with Crippen LogP contribution in [0.2, 0.25) is 0 Å². The molecule has 0 radical (unpaired) electrons. The Labute approximate surface area is 136 Å². The van der Waals surface area contributed by atoms with Gasteiger partial charge in [-0.1, -0.05) is 13.3 Å². The van der Waals surface area contributed by atoms with Crippen LogP contribution in [0.25, 0.3) is 0 Å². The zero-order valence-electron chi connectivity index (χ0n) is 12.8. The van der Waals surface area contributed by atoms with E-state index in [4.69, 9.17) is 10.1 Å². The standard InChI is InChI=1S/C13H17N5O6/c1-2-3-13(8(21)7(20)5(4-19)24-13)18-9-6(15-12(18)23)10(22)17-11(14)16-9/h5,7-8,19-21H,2-4H2,1H3,(H2,14,17,22)/t5-,7-,8-,13-/m1/s1. The van der Waals surface area contributed by atoms with Crippen molar-refractivity contribution in [2.75, 3.05) is 6.61 Å². The normalized spacial score (nSPS) is 35.8. The molecule has 1 saturated heterocycles. The molecular weight excluding hydrogens is 322 g/mol. The van der Waals surface area contributed by atoms with Crippen molar-refractivity contribution in [2.24, 2.45) is 9.98 Å². The Morgan fingerprint density at radius 2 is 2.08 bits per heavy atom. The SMILES string of the molecule is CCC[C@@]1(N2C(=O)N=C3C(=O)NC(=N)N=C32)O[C@H](CO)[C@@H](O)[C@H]1O. The van der Waals surface area contributed by atoms with Gasteiger partial charge in [0.05, 0.1) is 6.61 Å². The first kappa shape index (κ1) is 16.6. The minimum Gasteiger partial charge on any atom is -0.394 e. The second-order valence-corrected chi connectivity index (χ2v) is 5.69. The molecule has 0 spiro atoms. The molecule has 0 aromatic rings. The highest BCUT2D eigenvalue weighted by Crippen LogP contribution is 2.40. The number of guanidine groups is 1. The van der Waals surface area contributed by atoms with Gasteiger partial charge in [-0.15, -0.1) is 0 Å². The fraction of sp³-hybridized carbons (Fsp3) is 0.615. The van der Waals surface area contributed by atoms with E-state index in [1.807, 2.05) is 0 Å². The van der Waals surface area contributed by atoms with Gasteiger partial charge in [-0.25, -0.2) is 9.69 Å². The average molecular weight is 339 g/mol. The number of aliphatic imine (C=N–C) groups is 2. The van der Waals surface area contributed by atoms with Crippen LogP contribution in [0.4, 0.5) is 4.79 Å². The molecule has 5 N–H and O–H groups in total. The number of carbonyl (C=O) groups is 2. The number of ether oxygens (including phenoxy) is 1. The van der Waals surface area contributed by atoms with Crippen LogP contribution in [0.1, 0.15) is 19.8 Å². The third kappa shape index (κ3) is 2.17.